The van der Waals surface area contributed by atoms with E-state index in [0.717, 1.165) is 0 Å². The lowest BCUT2D eigenvalue weighted by atomic mass is 10.2. The van der Waals surface area contributed by atoms with Gasteiger partial charge < -0.3 is 19.7 Å². The Balaban J connectivity index is 1.77. The summed E-state index contributed by atoms with van der Waals surface area (Å²) in [4.78, 5) is 11.4. The van der Waals surface area contributed by atoms with Crippen LogP contribution in [0, 0.1) is 6.92 Å². The van der Waals surface area contributed by atoms with E-state index in [2.05, 4.69) is 5.10 Å². The minimum atomic E-state index is -1.09. The van der Waals surface area contributed by atoms with E-state index < -0.39 is 5.97 Å². The second-order valence-corrected chi connectivity index (χ2v) is 5.36. The molecule has 0 bridgehead atoms. The Bertz CT molecular complexity index is 898. The molecule has 2 N–H and O–H groups in total. The van der Waals surface area contributed by atoms with Gasteiger partial charge in [0.1, 0.15) is 28.6 Å². The average Bonchev–Trinajstić information content (AvgIpc) is 2.85. The minimum absolute atomic E-state index is 0.0342. The van der Waals surface area contributed by atoms with Crippen LogP contribution in [0.1, 0.15) is 16.1 Å². The summed E-state index contributed by atoms with van der Waals surface area (Å²) in [6.45, 7) is 1.62. The van der Waals surface area contributed by atoms with E-state index in [1.165, 1.54) is 16.8 Å². The van der Waals surface area contributed by atoms with Crippen LogP contribution < -0.4 is 9.47 Å². The number of aromatic hydroxyl groups is 1. The highest BCUT2D eigenvalue weighted by Gasteiger charge is 2.21. The zero-order valence-electron chi connectivity index (χ0n) is 13.6. The standard InChI is InChI=1S/C18H16N2O5/c1-11-16(18(22)23)17(20(2)19-11)25-15-9-7-14(8-10-15)24-13-5-3-12(21)4-6-13/h3-10,21H,1-2H3,(H,22,23). The number of benzene rings is 2. The van der Waals surface area contributed by atoms with Crippen molar-refractivity contribution in [3.05, 3.63) is 59.8 Å². The first-order chi connectivity index (χ1) is 11.9. The molecule has 0 aliphatic heterocycles. The third kappa shape index (κ3) is 3.55. The lowest BCUT2D eigenvalue weighted by Crippen LogP contribution is -2.01. The normalized spacial score (nSPS) is 10.5. The number of nitrogens with zero attached hydrogens (tertiary/aromatic N) is 2. The maximum absolute atomic E-state index is 11.4. The van der Waals surface area contributed by atoms with E-state index in [-0.39, 0.29) is 17.2 Å². The van der Waals surface area contributed by atoms with Gasteiger partial charge in [-0.2, -0.15) is 5.10 Å². The van der Waals surface area contributed by atoms with Crippen molar-refractivity contribution in [1.82, 2.24) is 9.78 Å². The molecule has 0 aliphatic rings. The van der Waals surface area contributed by atoms with Crippen LogP contribution in [0.5, 0.6) is 28.9 Å². The molecule has 0 aliphatic carbocycles. The molecular formula is C18H16N2O5. The van der Waals surface area contributed by atoms with Gasteiger partial charge in [-0.05, 0) is 55.5 Å². The fourth-order valence-corrected chi connectivity index (χ4v) is 2.34. The number of hydrogen-bond acceptors (Lipinski definition) is 5. The van der Waals surface area contributed by atoms with Crippen molar-refractivity contribution in [3.63, 3.8) is 0 Å². The van der Waals surface area contributed by atoms with Crippen molar-refractivity contribution in [2.45, 2.75) is 6.92 Å². The predicted octanol–water partition coefficient (Wildman–Crippen LogP) is 3.72. The summed E-state index contributed by atoms with van der Waals surface area (Å²) in [6, 6.07) is 13.1. The second-order valence-electron chi connectivity index (χ2n) is 5.36. The second kappa shape index (κ2) is 6.56. The Kier molecular flexibility index (Phi) is 4.30. The Morgan fingerprint density at radius 1 is 0.960 bits per heavy atom. The van der Waals surface area contributed by atoms with Crippen LogP contribution in [0.15, 0.2) is 48.5 Å². The number of ether oxygens (including phenoxy) is 2. The largest absolute Gasteiger partial charge is 0.508 e. The number of aromatic carboxylic acids is 1. The Morgan fingerprint density at radius 2 is 1.44 bits per heavy atom. The van der Waals surface area contributed by atoms with Crippen molar-refractivity contribution < 1.29 is 24.5 Å². The number of aryl methyl sites for hydroxylation is 2. The summed E-state index contributed by atoms with van der Waals surface area (Å²) >= 11 is 0. The fourth-order valence-electron chi connectivity index (χ4n) is 2.34. The average molecular weight is 340 g/mol. The van der Waals surface area contributed by atoms with E-state index in [4.69, 9.17) is 9.47 Å². The van der Waals surface area contributed by atoms with Gasteiger partial charge in [-0.25, -0.2) is 9.48 Å². The summed E-state index contributed by atoms with van der Waals surface area (Å²) in [7, 11) is 1.62. The maximum atomic E-state index is 11.4. The molecule has 3 aromatic rings. The molecular weight excluding hydrogens is 324 g/mol. The third-order valence-corrected chi connectivity index (χ3v) is 3.49. The van der Waals surface area contributed by atoms with Crippen LogP contribution >= 0.6 is 0 Å². The highest BCUT2D eigenvalue weighted by atomic mass is 16.5. The van der Waals surface area contributed by atoms with Crippen molar-refractivity contribution in [1.29, 1.82) is 0 Å². The van der Waals surface area contributed by atoms with Crippen LogP contribution in [0.25, 0.3) is 0 Å². The highest BCUT2D eigenvalue weighted by Crippen LogP contribution is 2.30. The zero-order valence-corrected chi connectivity index (χ0v) is 13.6. The lowest BCUT2D eigenvalue weighted by Gasteiger charge is -2.09. The van der Waals surface area contributed by atoms with Crippen molar-refractivity contribution in [3.8, 4) is 28.9 Å². The molecule has 0 unspecified atom stereocenters. The molecule has 0 saturated heterocycles. The summed E-state index contributed by atoms with van der Waals surface area (Å²) in [5.74, 6) is 0.866. The van der Waals surface area contributed by atoms with Gasteiger partial charge in [0.15, 0.2) is 0 Å². The summed E-state index contributed by atoms with van der Waals surface area (Å²) in [6.07, 6.45) is 0. The van der Waals surface area contributed by atoms with Crippen LogP contribution in [-0.4, -0.2) is 26.0 Å². The van der Waals surface area contributed by atoms with E-state index in [1.807, 2.05) is 0 Å². The van der Waals surface area contributed by atoms with Gasteiger partial charge in [-0.1, -0.05) is 0 Å². The van der Waals surface area contributed by atoms with Gasteiger partial charge in [0.05, 0.1) is 5.69 Å². The summed E-state index contributed by atoms with van der Waals surface area (Å²) < 4.78 is 12.7. The number of hydrogen-bond donors (Lipinski definition) is 2. The minimum Gasteiger partial charge on any atom is -0.508 e. The van der Waals surface area contributed by atoms with Gasteiger partial charge >= 0.3 is 5.97 Å². The third-order valence-electron chi connectivity index (χ3n) is 3.49. The first-order valence-electron chi connectivity index (χ1n) is 7.45. The van der Waals surface area contributed by atoms with E-state index >= 15 is 0 Å². The number of rotatable bonds is 5. The molecule has 3 rings (SSSR count). The molecule has 7 nitrogen and oxygen atoms in total. The molecule has 1 heterocycles. The molecule has 0 radical (unpaired) electrons. The zero-order chi connectivity index (χ0) is 18.0. The number of phenols is 1. The van der Waals surface area contributed by atoms with Gasteiger partial charge in [0.2, 0.25) is 5.88 Å². The van der Waals surface area contributed by atoms with Crippen LogP contribution in [0.3, 0.4) is 0 Å². The van der Waals surface area contributed by atoms with Crippen molar-refractivity contribution >= 4 is 5.97 Å². The SMILES string of the molecule is Cc1nn(C)c(Oc2ccc(Oc3ccc(O)cc3)cc2)c1C(=O)O. The van der Waals surface area contributed by atoms with E-state index in [9.17, 15) is 15.0 Å². The molecule has 0 saturated carbocycles. The quantitative estimate of drug-likeness (QED) is 0.735. The van der Waals surface area contributed by atoms with Gasteiger partial charge in [-0.3, -0.25) is 0 Å². The number of phenolic OH excluding ortho intramolecular Hbond substituents is 1. The molecule has 128 valence electrons. The topological polar surface area (TPSA) is 93.8 Å². The fraction of sp³-hybridized carbons (Fsp3) is 0.111. The molecule has 7 heteroatoms. The highest BCUT2D eigenvalue weighted by molar-refractivity contribution is 5.91. The number of carboxylic acid groups (broad SMARTS) is 1. The summed E-state index contributed by atoms with van der Waals surface area (Å²) in [5, 5.41) is 22.6. The predicted molar refractivity (Wildman–Crippen MR) is 89.6 cm³/mol. The van der Waals surface area contributed by atoms with Crippen LogP contribution in [0.2, 0.25) is 0 Å². The van der Waals surface area contributed by atoms with Crippen molar-refractivity contribution in [2.75, 3.05) is 0 Å². The Hall–Kier alpha value is -3.48. The van der Waals surface area contributed by atoms with Gasteiger partial charge in [-0.15, -0.1) is 0 Å². The summed E-state index contributed by atoms with van der Waals surface area (Å²) in [5.41, 5.74) is 0.421. The maximum Gasteiger partial charge on any atom is 0.343 e. The molecule has 0 fully saturated rings. The van der Waals surface area contributed by atoms with Crippen LogP contribution in [-0.2, 0) is 7.05 Å². The van der Waals surface area contributed by atoms with Gasteiger partial charge in [0.25, 0.3) is 0 Å². The van der Waals surface area contributed by atoms with Crippen LogP contribution in [0.4, 0.5) is 0 Å². The van der Waals surface area contributed by atoms with E-state index in [1.54, 1.807) is 50.4 Å². The molecule has 0 amide bonds. The Morgan fingerprint density at radius 3 is 1.96 bits per heavy atom. The first-order valence-corrected chi connectivity index (χ1v) is 7.45. The molecule has 1 aromatic heterocycles. The number of carbonyl (C=O) groups is 1. The molecule has 25 heavy (non-hydrogen) atoms. The molecule has 2 aromatic carbocycles. The Labute approximate surface area is 143 Å². The van der Waals surface area contributed by atoms with Gasteiger partial charge in [0, 0.05) is 7.05 Å². The molecule has 0 atom stereocenters. The van der Waals surface area contributed by atoms with E-state index in [0.29, 0.717) is 22.9 Å². The molecule has 0 spiro atoms. The first kappa shape index (κ1) is 16.4. The monoisotopic (exact) mass is 340 g/mol. The van der Waals surface area contributed by atoms with Crippen molar-refractivity contribution in [2.24, 2.45) is 7.05 Å². The lowest BCUT2D eigenvalue weighted by molar-refractivity contribution is 0.0693. The number of carboxylic acids is 1. The number of aromatic nitrogens is 2. The smallest absolute Gasteiger partial charge is 0.343 e.